The van der Waals surface area contributed by atoms with Crippen molar-refractivity contribution in [2.75, 3.05) is 0 Å². The van der Waals surface area contributed by atoms with Crippen molar-refractivity contribution in [2.24, 2.45) is 5.84 Å². The average Bonchev–Trinajstić information content (AvgIpc) is 2.38. The molecule has 0 bridgehead atoms. The predicted molar refractivity (Wildman–Crippen MR) is 74.7 cm³/mol. The molecule has 7 heteroatoms. The third-order valence-electron chi connectivity index (χ3n) is 2.98. The predicted octanol–water partition coefficient (Wildman–Crippen LogP) is 4.16. The number of nitrogens with one attached hydrogen (secondary N) is 1. The van der Waals surface area contributed by atoms with E-state index in [9.17, 15) is 17.6 Å². The van der Waals surface area contributed by atoms with E-state index in [1.54, 1.807) is 24.3 Å². The van der Waals surface area contributed by atoms with Gasteiger partial charge >= 0.3 is 6.18 Å². The first-order valence-corrected chi connectivity index (χ1v) is 6.70. The zero-order valence-electron chi connectivity index (χ0n) is 10.6. The van der Waals surface area contributed by atoms with Gasteiger partial charge in [-0.1, -0.05) is 34.1 Å². The summed E-state index contributed by atoms with van der Waals surface area (Å²) in [5.41, 5.74) is 2.19. The molecule has 0 amide bonds. The maximum atomic E-state index is 13.6. The quantitative estimate of drug-likeness (QED) is 0.488. The van der Waals surface area contributed by atoms with Crippen LogP contribution in [-0.2, 0) is 6.18 Å². The zero-order chi connectivity index (χ0) is 15.6. The van der Waals surface area contributed by atoms with Crippen LogP contribution in [0.2, 0.25) is 0 Å². The lowest BCUT2D eigenvalue weighted by atomic mass is 9.98. The van der Waals surface area contributed by atoms with E-state index in [0.29, 0.717) is 17.2 Å². The highest BCUT2D eigenvalue weighted by Crippen LogP contribution is 2.33. The van der Waals surface area contributed by atoms with Gasteiger partial charge in [-0.2, -0.15) is 13.2 Å². The summed E-state index contributed by atoms with van der Waals surface area (Å²) in [5, 5.41) is 0. The summed E-state index contributed by atoms with van der Waals surface area (Å²) in [6.45, 7) is 0. The van der Waals surface area contributed by atoms with Gasteiger partial charge in [0.1, 0.15) is 5.82 Å². The maximum absolute atomic E-state index is 13.6. The molecule has 3 N–H and O–H groups in total. The van der Waals surface area contributed by atoms with Crippen LogP contribution >= 0.6 is 15.9 Å². The fourth-order valence-electron chi connectivity index (χ4n) is 2.01. The standard InChI is InChI=1S/C14H11BrF4N2/c15-10-3-1-2-8(6-10)13(21-20)9-4-5-11(12(16)7-9)14(17,18)19/h1-7,13,21H,20H2. The molecule has 0 saturated carbocycles. The first-order chi connectivity index (χ1) is 9.82. The summed E-state index contributed by atoms with van der Waals surface area (Å²) in [7, 11) is 0. The Morgan fingerprint density at radius 3 is 2.24 bits per heavy atom. The van der Waals surface area contributed by atoms with Crippen molar-refractivity contribution >= 4 is 15.9 Å². The second kappa shape index (κ2) is 6.13. The molecule has 0 saturated heterocycles. The molecule has 2 aromatic rings. The number of nitrogens with two attached hydrogens (primary N) is 1. The van der Waals surface area contributed by atoms with E-state index in [1.807, 2.05) is 0 Å². The number of hydrogen-bond donors (Lipinski definition) is 2. The smallest absolute Gasteiger partial charge is 0.271 e. The van der Waals surface area contributed by atoms with Crippen molar-refractivity contribution < 1.29 is 17.6 Å². The molecule has 0 spiro atoms. The lowest BCUT2D eigenvalue weighted by Crippen LogP contribution is -2.29. The molecule has 0 heterocycles. The first kappa shape index (κ1) is 15.9. The summed E-state index contributed by atoms with van der Waals surface area (Å²) in [6.07, 6.45) is -4.72. The fraction of sp³-hybridized carbons (Fsp3) is 0.143. The Balaban J connectivity index is 2.42. The minimum atomic E-state index is -4.72. The SMILES string of the molecule is NNC(c1cccc(Br)c1)c1ccc(C(F)(F)F)c(F)c1. The second-order valence-corrected chi connectivity index (χ2v) is 5.31. The van der Waals surface area contributed by atoms with Crippen LogP contribution < -0.4 is 11.3 Å². The number of alkyl halides is 3. The zero-order valence-corrected chi connectivity index (χ0v) is 12.2. The minimum absolute atomic E-state index is 0.307. The lowest BCUT2D eigenvalue weighted by molar-refractivity contribution is -0.140. The van der Waals surface area contributed by atoms with Crippen LogP contribution in [0.25, 0.3) is 0 Å². The largest absolute Gasteiger partial charge is 0.419 e. The maximum Gasteiger partial charge on any atom is 0.419 e. The Morgan fingerprint density at radius 1 is 1.05 bits per heavy atom. The molecule has 0 aliphatic rings. The highest BCUT2D eigenvalue weighted by molar-refractivity contribution is 9.10. The van der Waals surface area contributed by atoms with Gasteiger partial charge in [-0.3, -0.25) is 5.84 Å². The molecule has 0 aliphatic carbocycles. The van der Waals surface area contributed by atoms with Crippen LogP contribution in [0.1, 0.15) is 22.7 Å². The number of hydrogen-bond acceptors (Lipinski definition) is 2. The third-order valence-corrected chi connectivity index (χ3v) is 3.47. The molecular weight excluding hydrogens is 352 g/mol. The van der Waals surface area contributed by atoms with E-state index in [-0.39, 0.29) is 0 Å². The average molecular weight is 363 g/mol. The molecule has 2 rings (SSSR count). The highest BCUT2D eigenvalue weighted by atomic mass is 79.9. The summed E-state index contributed by atoms with van der Waals surface area (Å²) >= 11 is 3.29. The van der Waals surface area contributed by atoms with Crippen LogP contribution in [0.3, 0.4) is 0 Å². The van der Waals surface area contributed by atoms with E-state index in [4.69, 9.17) is 5.84 Å². The van der Waals surface area contributed by atoms with E-state index in [1.165, 1.54) is 6.07 Å². The minimum Gasteiger partial charge on any atom is -0.271 e. The topological polar surface area (TPSA) is 38.0 Å². The molecule has 0 radical (unpaired) electrons. The van der Waals surface area contributed by atoms with Crippen molar-refractivity contribution in [3.8, 4) is 0 Å². The van der Waals surface area contributed by atoms with Gasteiger partial charge in [0.15, 0.2) is 0 Å². The second-order valence-electron chi connectivity index (χ2n) is 4.39. The molecule has 1 unspecified atom stereocenters. The Hall–Kier alpha value is -1.44. The summed E-state index contributed by atoms with van der Waals surface area (Å²) in [4.78, 5) is 0. The number of rotatable bonds is 3. The molecule has 21 heavy (non-hydrogen) atoms. The van der Waals surface area contributed by atoms with Crippen LogP contribution in [-0.4, -0.2) is 0 Å². The van der Waals surface area contributed by atoms with Gasteiger partial charge in [0.05, 0.1) is 11.6 Å². The van der Waals surface area contributed by atoms with E-state index >= 15 is 0 Å². The number of halogens is 5. The van der Waals surface area contributed by atoms with Crippen LogP contribution in [0.15, 0.2) is 46.9 Å². The number of benzene rings is 2. The van der Waals surface area contributed by atoms with E-state index in [2.05, 4.69) is 21.4 Å². The van der Waals surface area contributed by atoms with Crippen LogP contribution in [0, 0.1) is 5.82 Å². The summed E-state index contributed by atoms with van der Waals surface area (Å²) in [5.74, 6) is 4.13. The Labute approximate surface area is 127 Å². The Morgan fingerprint density at radius 2 is 1.71 bits per heavy atom. The van der Waals surface area contributed by atoms with Crippen molar-refractivity contribution in [3.63, 3.8) is 0 Å². The molecule has 2 nitrogen and oxygen atoms in total. The van der Waals surface area contributed by atoms with Crippen LogP contribution in [0.5, 0.6) is 0 Å². The third kappa shape index (κ3) is 3.61. The molecule has 1 atom stereocenters. The lowest BCUT2D eigenvalue weighted by Gasteiger charge is -2.18. The highest BCUT2D eigenvalue weighted by Gasteiger charge is 2.34. The monoisotopic (exact) mass is 362 g/mol. The van der Waals surface area contributed by atoms with Gasteiger partial charge in [-0.15, -0.1) is 0 Å². The number of hydrazine groups is 1. The fourth-order valence-corrected chi connectivity index (χ4v) is 2.43. The molecule has 0 aliphatic heterocycles. The van der Waals surface area contributed by atoms with Gasteiger partial charge in [0, 0.05) is 4.47 Å². The van der Waals surface area contributed by atoms with Gasteiger partial charge in [-0.25, -0.2) is 9.82 Å². The molecule has 2 aromatic carbocycles. The van der Waals surface area contributed by atoms with Gasteiger partial charge < -0.3 is 0 Å². The molecule has 0 fully saturated rings. The van der Waals surface area contributed by atoms with Crippen molar-refractivity contribution in [1.82, 2.24) is 5.43 Å². The van der Waals surface area contributed by atoms with Crippen LogP contribution in [0.4, 0.5) is 17.6 Å². The molecule has 0 aromatic heterocycles. The normalized spacial score (nSPS) is 13.2. The van der Waals surface area contributed by atoms with Crippen molar-refractivity contribution in [2.45, 2.75) is 12.2 Å². The van der Waals surface area contributed by atoms with Crippen molar-refractivity contribution in [3.05, 3.63) is 69.4 Å². The first-order valence-electron chi connectivity index (χ1n) is 5.91. The Bertz CT molecular complexity index is 643. The van der Waals surface area contributed by atoms with Gasteiger partial charge in [0.2, 0.25) is 0 Å². The van der Waals surface area contributed by atoms with E-state index in [0.717, 1.165) is 10.5 Å². The molecular formula is C14H11BrF4N2. The molecule has 112 valence electrons. The van der Waals surface area contributed by atoms with E-state index < -0.39 is 23.6 Å². The van der Waals surface area contributed by atoms with Gasteiger partial charge in [0.25, 0.3) is 0 Å². The summed E-state index contributed by atoms with van der Waals surface area (Å²) in [6, 6.07) is 9.19. The van der Waals surface area contributed by atoms with Gasteiger partial charge in [-0.05, 0) is 35.4 Å². The summed E-state index contributed by atoms with van der Waals surface area (Å²) < 4.78 is 52.1. The van der Waals surface area contributed by atoms with Crippen molar-refractivity contribution in [1.29, 1.82) is 0 Å². The Kier molecular flexibility index (Phi) is 4.65.